The van der Waals surface area contributed by atoms with Crippen LogP contribution in [0.3, 0.4) is 0 Å². The van der Waals surface area contributed by atoms with Gasteiger partial charge in [-0.2, -0.15) is 0 Å². The van der Waals surface area contributed by atoms with Gasteiger partial charge in [0.05, 0.1) is 13.2 Å². The molecule has 1 rings (SSSR count). The lowest BCUT2D eigenvalue weighted by atomic mass is 10.2. The second-order valence-corrected chi connectivity index (χ2v) is 3.96. The second-order valence-electron chi connectivity index (χ2n) is 3.96. The van der Waals surface area contributed by atoms with Gasteiger partial charge in [0.2, 0.25) is 0 Å². The molecule has 0 fully saturated rings. The number of nitrogens with one attached hydrogen (secondary N) is 1. The number of hydrogen-bond donors (Lipinski definition) is 2. The highest BCUT2D eigenvalue weighted by atomic mass is 16.5. The van der Waals surface area contributed by atoms with Crippen LogP contribution in [0.15, 0.2) is 18.2 Å². The van der Waals surface area contributed by atoms with Crippen LogP contribution in [0, 0.1) is 6.92 Å². The lowest BCUT2D eigenvalue weighted by Crippen LogP contribution is -2.08. The van der Waals surface area contributed by atoms with Gasteiger partial charge in [0.1, 0.15) is 0 Å². The molecule has 0 bridgehead atoms. The van der Waals surface area contributed by atoms with E-state index in [1.165, 1.54) is 0 Å². The summed E-state index contributed by atoms with van der Waals surface area (Å²) >= 11 is 0. The first-order valence-electron chi connectivity index (χ1n) is 5.90. The number of benzene rings is 1. The van der Waals surface area contributed by atoms with Crippen molar-refractivity contribution in [3.8, 4) is 0 Å². The molecule has 0 aromatic heterocycles. The van der Waals surface area contributed by atoms with Crippen LogP contribution in [0.4, 0.5) is 11.4 Å². The summed E-state index contributed by atoms with van der Waals surface area (Å²) in [5.41, 5.74) is 8.79. The number of methoxy groups -OCH3 is 1. The van der Waals surface area contributed by atoms with Crippen LogP contribution in [0.1, 0.15) is 12.0 Å². The zero-order valence-corrected chi connectivity index (χ0v) is 10.7. The SMILES string of the molecule is COCCOCCCNc1ccc(N)c(C)c1. The first kappa shape index (κ1) is 13.8. The number of ether oxygens (including phenoxy) is 2. The molecular weight excluding hydrogens is 216 g/mol. The van der Waals surface area contributed by atoms with Gasteiger partial charge in [0, 0.05) is 31.6 Å². The third kappa shape index (κ3) is 5.56. The predicted octanol–water partition coefficient (Wildman–Crippen LogP) is 2.04. The van der Waals surface area contributed by atoms with Crippen molar-refractivity contribution < 1.29 is 9.47 Å². The van der Waals surface area contributed by atoms with Crippen LogP contribution in [-0.2, 0) is 9.47 Å². The topological polar surface area (TPSA) is 56.5 Å². The molecule has 0 aliphatic carbocycles. The van der Waals surface area contributed by atoms with Crippen molar-refractivity contribution in [2.75, 3.05) is 44.5 Å². The Morgan fingerprint density at radius 1 is 1.24 bits per heavy atom. The molecule has 0 amide bonds. The predicted molar refractivity (Wildman–Crippen MR) is 71.4 cm³/mol. The monoisotopic (exact) mass is 238 g/mol. The van der Waals surface area contributed by atoms with Crippen molar-refractivity contribution in [3.05, 3.63) is 23.8 Å². The molecule has 17 heavy (non-hydrogen) atoms. The third-order valence-corrected chi connectivity index (χ3v) is 2.50. The van der Waals surface area contributed by atoms with Crippen LogP contribution >= 0.6 is 0 Å². The zero-order valence-electron chi connectivity index (χ0n) is 10.7. The Kier molecular flexibility index (Phi) is 6.43. The molecule has 4 nitrogen and oxygen atoms in total. The highest BCUT2D eigenvalue weighted by Gasteiger charge is 1.96. The molecular formula is C13H22N2O2. The van der Waals surface area contributed by atoms with Crippen molar-refractivity contribution >= 4 is 11.4 Å². The Hall–Kier alpha value is -1.26. The summed E-state index contributed by atoms with van der Waals surface area (Å²) in [5.74, 6) is 0. The van der Waals surface area contributed by atoms with Gasteiger partial charge < -0.3 is 20.5 Å². The molecule has 0 unspecified atom stereocenters. The molecule has 1 aromatic carbocycles. The second kappa shape index (κ2) is 7.92. The van der Waals surface area contributed by atoms with E-state index in [0.717, 1.165) is 36.5 Å². The standard InChI is InChI=1S/C13H22N2O2/c1-11-10-12(4-5-13(11)14)15-6-3-7-17-9-8-16-2/h4-5,10,15H,3,6-9,14H2,1-2H3. The maximum Gasteiger partial charge on any atom is 0.0700 e. The number of nitrogens with two attached hydrogens (primary N) is 1. The summed E-state index contributed by atoms with van der Waals surface area (Å²) in [6, 6.07) is 5.97. The average Bonchev–Trinajstić information content (AvgIpc) is 2.32. The first-order chi connectivity index (χ1) is 8.24. The molecule has 1 aromatic rings. The van der Waals surface area contributed by atoms with Gasteiger partial charge in [-0.25, -0.2) is 0 Å². The zero-order chi connectivity index (χ0) is 12.5. The third-order valence-electron chi connectivity index (χ3n) is 2.50. The van der Waals surface area contributed by atoms with Crippen molar-refractivity contribution in [1.82, 2.24) is 0 Å². The number of anilines is 2. The summed E-state index contributed by atoms with van der Waals surface area (Å²) < 4.78 is 10.3. The van der Waals surface area contributed by atoms with Crippen LogP contribution in [0.2, 0.25) is 0 Å². The molecule has 0 atom stereocenters. The van der Waals surface area contributed by atoms with Crippen molar-refractivity contribution in [2.24, 2.45) is 0 Å². The van der Waals surface area contributed by atoms with Crippen LogP contribution < -0.4 is 11.1 Å². The van der Waals surface area contributed by atoms with E-state index in [1.54, 1.807) is 7.11 Å². The van der Waals surface area contributed by atoms with E-state index < -0.39 is 0 Å². The minimum Gasteiger partial charge on any atom is -0.399 e. The lowest BCUT2D eigenvalue weighted by Gasteiger charge is -2.08. The Labute approximate surface area is 103 Å². The Morgan fingerprint density at radius 3 is 2.76 bits per heavy atom. The number of rotatable bonds is 8. The molecule has 0 aliphatic heterocycles. The molecule has 0 aliphatic rings. The van der Waals surface area contributed by atoms with Gasteiger partial charge in [-0.15, -0.1) is 0 Å². The van der Waals surface area contributed by atoms with Crippen LogP contribution in [0.5, 0.6) is 0 Å². The van der Waals surface area contributed by atoms with E-state index >= 15 is 0 Å². The Balaban J connectivity index is 2.11. The molecule has 0 heterocycles. The van der Waals surface area contributed by atoms with Gasteiger partial charge in [-0.05, 0) is 37.1 Å². The minimum absolute atomic E-state index is 0.657. The maximum atomic E-state index is 5.75. The fourth-order valence-electron chi connectivity index (χ4n) is 1.44. The van der Waals surface area contributed by atoms with E-state index in [4.69, 9.17) is 15.2 Å². The fraction of sp³-hybridized carbons (Fsp3) is 0.538. The molecule has 96 valence electrons. The van der Waals surface area contributed by atoms with E-state index in [9.17, 15) is 0 Å². The summed E-state index contributed by atoms with van der Waals surface area (Å²) in [5, 5.41) is 3.34. The van der Waals surface area contributed by atoms with Gasteiger partial charge in [-0.3, -0.25) is 0 Å². The van der Waals surface area contributed by atoms with Crippen LogP contribution in [-0.4, -0.2) is 33.5 Å². The summed E-state index contributed by atoms with van der Waals surface area (Å²) in [7, 11) is 1.67. The molecule has 0 spiro atoms. The molecule has 0 saturated carbocycles. The van der Waals surface area contributed by atoms with E-state index in [1.807, 2.05) is 19.1 Å². The number of aryl methyl sites for hydroxylation is 1. The normalized spacial score (nSPS) is 10.5. The Morgan fingerprint density at radius 2 is 2.06 bits per heavy atom. The Bertz CT molecular complexity index is 329. The largest absolute Gasteiger partial charge is 0.399 e. The van der Waals surface area contributed by atoms with Gasteiger partial charge >= 0.3 is 0 Å². The van der Waals surface area contributed by atoms with Crippen molar-refractivity contribution in [2.45, 2.75) is 13.3 Å². The van der Waals surface area contributed by atoms with Crippen molar-refractivity contribution in [1.29, 1.82) is 0 Å². The lowest BCUT2D eigenvalue weighted by molar-refractivity contribution is 0.0705. The van der Waals surface area contributed by atoms with Gasteiger partial charge in [0.15, 0.2) is 0 Å². The van der Waals surface area contributed by atoms with E-state index in [2.05, 4.69) is 11.4 Å². The first-order valence-corrected chi connectivity index (χ1v) is 5.90. The summed E-state index contributed by atoms with van der Waals surface area (Å²) in [6.07, 6.45) is 0.979. The summed E-state index contributed by atoms with van der Waals surface area (Å²) in [6.45, 7) is 4.98. The summed E-state index contributed by atoms with van der Waals surface area (Å²) in [4.78, 5) is 0. The minimum atomic E-state index is 0.657. The highest BCUT2D eigenvalue weighted by molar-refractivity contribution is 5.56. The highest BCUT2D eigenvalue weighted by Crippen LogP contribution is 2.16. The van der Waals surface area contributed by atoms with Crippen LogP contribution in [0.25, 0.3) is 0 Å². The quantitative estimate of drug-likeness (QED) is 0.537. The van der Waals surface area contributed by atoms with Crippen molar-refractivity contribution in [3.63, 3.8) is 0 Å². The molecule has 4 heteroatoms. The smallest absolute Gasteiger partial charge is 0.0700 e. The number of nitrogen functional groups attached to an aromatic ring is 1. The maximum absolute atomic E-state index is 5.75. The van der Waals surface area contributed by atoms with Gasteiger partial charge in [0.25, 0.3) is 0 Å². The van der Waals surface area contributed by atoms with Gasteiger partial charge in [-0.1, -0.05) is 0 Å². The fourth-order valence-corrected chi connectivity index (χ4v) is 1.44. The average molecular weight is 238 g/mol. The van der Waals surface area contributed by atoms with E-state index in [-0.39, 0.29) is 0 Å². The number of hydrogen-bond acceptors (Lipinski definition) is 4. The molecule has 0 radical (unpaired) electrons. The molecule has 3 N–H and O–H groups in total. The van der Waals surface area contributed by atoms with E-state index in [0.29, 0.717) is 13.2 Å². The molecule has 0 saturated heterocycles.